The molecule has 168 valence electrons. The van der Waals surface area contributed by atoms with E-state index in [1.165, 1.54) is 0 Å². The number of methoxy groups -OCH3 is 1. The van der Waals surface area contributed by atoms with Gasteiger partial charge in [0.2, 0.25) is 5.91 Å². The summed E-state index contributed by atoms with van der Waals surface area (Å²) in [7, 11) is 1.59. The molecule has 0 bridgehead atoms. The molecule has 0 saturated carbocycles. The Bertz CT molecular complexity index is 988. The number of amides is 2. The monoisotopic (exact) mass is 450 g/mol. The predicted octanol–water partition coefficient (Wildman–Crippen LogP) is 5.23. The van der Waals surface area contributed by atoms with E-state index in [4.69, 9.17) is 4.74 Å². The van der Waals surface area contributed by atoms with Crippen molar-refractivity contribution in [2.24, 2.45) is 0 Å². The van der Waals surface area contributed by atoms with Crippen LogP contribution in [0.2, 0.25) is 0 Å². The number of rotatable bonds is 10. The summed E-state index contributed by atoms with van der Waals surface area (Å²) in [5.41, 5.74) is 1.61. The molecule has 1 unspecified atom stereocenters. The Labute approximate surface area is 194 Å². The molecule has 3 aromatic rings. The lowest BCUT2D eigenvalue weighted by molar-refractivity contribution is -0.133. The van der Waals surface area contributed by atoms with Crippen LogP contribution in [0.15, 0.2) is 72.1 Å². The molecule has 0 aliphatic carbocycles. The molecule has 5 nitrogen and oxygen atoms in total. The fourth-order valence-electron chi connectivity index (χ4n) is 3.42. The summed E-state index contributed by atoms with van der Waals surface area (Å²) in [6, 6.07) is 20.9. The van der Waals surface area contributed by atoms with Gasteiger partial charge in [-0.25, -0.2) is 0 Å². The van der Waals surface area contributed by atoms with Crippen molar-refractivity contribution in [1.29, 1.82) is 0 Å². The standard InChI is InChI=1S/C26H30N2O3S/c1-4-20(2)28(26(30)22-12-14-23(31-3)15-13-22)19-25(29)27(18-24-11-8-16-32-24)17-21-9-6-5-7-10-21/h5-16,20H,4,17-19H2,1-3H3. The first kappa shape index (κ1) is 23.5. The van der Waals surface area contributed by atoms with Crippen LogP contribution in [0.4, 0.5) is 0 Å². The molecule has 32 heavy (non-hydrogen) atoms. The molecule has 6 heteroatoms. The molecule has 0 radical (unpaired) electrons. The zero-order chi connectivity index (χ0) is 22.9. The maximum Gasteiger partial charge on any atom is 0.254 e. The lowest BCUT2D eigenvalue weighted by atomic mass is 10.1. The van der Waals surface area contributed by atoms with Crippen LogP contribution in [-0.4, -0.2) is 41.3 Å². The maximum absolute atomic E-state index is 13.5. The third kappa shape index (κ3) is 6.20. The van der Waals surface area contributed by atoms with Gasteiger partial charge in [-0.2, -0.15) is 0 Å². The van der Waals surface area contributed by atoms with Crippen LogP contribution in [0.5, 0.6) is 5.75 Å². The van der Waals surface area contributed by atoms with E-state index in [9.17, 15) is 9.59 Å². The van der Waals surface area contributed by atoms with E-state index in [1.807, 2.05) is 66.6 Å². The molecule has 0 N–H and O–H groups in total. The zero-order valence-corrected chi connectivity index (χ0v) is 19.7. The molecule has 1 aromatic heterocycles. The number of thiophene rings is 1. The third-order valence-electron chi connectivity index (χ3n) is 5.52. The molecule has 0 spiro atoms. The van der Waals surface area contributed by atoms with E-state index in [1.54, 1.807) is 47.6 Å². The number of hydrogen-bond donors (Lipinski definition) is 0. The Morgan fingerprint density at radius 1 is 0.969 bits per heavy atom. The normalized spacial score (nSPS) is 11.6. The fraction of sp³-hybridized carbons (Fsp3) is 0.308. The van der Waals surface area contributed by atoms with E-state index in [-0.39, 0.29) is 24.4 Å². The highest BCUT2D eigenvalue weighted by atomic mass is 32.1. The van der Waals surface area contributed by atoms with Gasteiger partial charge in [-0.1, -0.05) is 43.3 Å². The van der Waals surface area contributed by atoms with Crippen molar-refractivity contribution in [2.75, 3.05) is 13.7 Å². The Kier molecular flexibility index (Phi) is 8.45. The van der Waals surface area contributed by atoms with Crippen LogP contribution in [0.3, 0.4) is 0 Å². The van der Waals surface area contributed by atoms with E-state index >= 15 is 0 Å². The van der Waals surface area contributed by atoms with Gasteiger partial charge in [0.05, 0.1) is 13.7 Å². The summed E-state index contributed by atoms with van der Waals surface area (Å²) >= 11 is 1.63. The van der Waals surface area contributed by atoms with Crippen LogP contribution in [0, 0.1) is 0 Å². The lowest BCUT2D eigenvalue weighted by Gasteiger charge is -2.31. The van der Waals surface area contributed by atoms with Gasteiger partial charge >= 0.3 is 0 Å². The van der Waals surface area contributed by atoms with E-state index in [2.05, 4.69) is 0 Å². The summed E-state index contributed by atoms with van der Waals surface area (Å²) in [5, 5.41) is 2.01. The highest BCUT2D eigenvalue weighted by Gasteiger charge is 2.26. The van der Waals surface area contributed by atoms with Gasteiger partial charge in [0.25, 0.3) is 5.91 Å². The Balaban J connectivity index is 1.81. The Morgan fingerprint density at radius 3 is 2.28 bits per heavy atom. The van der Waals surface area contributed by atoms with E-state index in [0.717, 1.165) is 16.9 Å². The van der Waals surface area contributed by atoms with Crippen molar-refractivity contribution in [3.8, 4) is 5.75 Å². The van der Waals surface area contributed by atoms with Gasteiger partial charge < -0.3 is 14.5 Å². The van der Waals surface area contributed by atoms with Gasteiger partial charge in [0.1, 0.15) is 12.3 Å². The summed E-state index contributed by atoms with van der Waals surface area (Å²) in [6.45, 7) is 5.07. The van der Waals surface area contributed by atoms with Crippen molar-refractivity contribution in [2.45, 2.75) is 39.4 Å². The zero-order valence-electron chi connectivity index (χ0n) is 18.9. The first-order valence-corrected chi connectivity index (χ1v) is 11.7. The number of ether oxygens (including phenoxy) is 1. The van der Waals surface area contributed by atoms with Crippen molar-refractivity contribution >= 4 is 23.2 Å². The molecule has 1 heterocycles. The van der Waals surface area contributed by atoms with Gasteiger partial charge in [0.15, 0.2) is 0 Å². The minimum absolute atomic E-state index is 0.0398. The van der Waals surface area contributed by atoms with Gasteiger partial charge in [-0.15, -0.1) is 11.3 Å². The molecular formula is C26H30N2O3S. The number of nitrogens with zero attached hydrogens (tertiary/aromatic N) is 2. The second-order valence-electron chi connectivity index (χ2n) is 7.73. The third-order valence-corrected chi connectivity index (χ3v) is 6.38. The first-order valence-electron chi connectivity index (χ1n) is 10.8. The highest BCUT2D eigenvalue weighted by Crippen LogP contribution is 2.18. The average Bonchev–Trinajstić information content (AvgIpc) is 3.35. The molecular weight excluding hydrogens is 420 g/mol. The van der Waals surface area contributed by atoms with Crippen molar-refractivity contribution in [3.05, 3.63) is 88.1 Å². The Hall–Kier alpha value is -3.12. The topological polar surface area (TPSA) is 49.9 Å². The van der Waals surface area contributed by atoms with Crippen LogP contribution in [-0.2, 0) is 17.9 Å². The quantitative estimate of drug-likeness (QED) is 0.425. The highest BCUT2D eigenvalue weighted by molar-refractivity contribution is 7.09. The van der Waals surface area contributed by atoms with Gasteiger partial charge in [0, 0.05) is 23.0 Å². The molecule has 2 amide bonds. The van der Waals surface area contributed by atoms with E-state index in [0.29, 0.717) is 24.4 Å². The average molecular weight is 451 g/mol. The van der Waals surface area contributed by atoms with Gasteiger partial charge in [-0.05, 0) is 54.6 Å². The molecule has 1 atom stereocenters. The summed E-state index contributed by atoms with van der Waals surface area (Å²) in [5.74, 6) is 0.480. The maximum atomic E-state index is 13.5. The van der Waals surface area contributed by atoms with Crippen molar-refractivity contribution in [3.63, 3.8) is 0 Å². The van der Waals surface area contributed by atoms with Crippen LogP contribution in [0.25, 0.3) is 0 Å². The van der Waals surface area contributed by atoms with Gasteiger partial charge in [-0.3, -0.25) is 9.59 Å². The Morgan fingerprint density at radius 2 is 1.69 bits per heavy atom. The second-order valence-corrected chi connectivity index (χ2v) is 8.77. The van der Waals surface area contributed by atoms with Crippen molar-refractivity contribution in [1.82, 2.24) is 9.80 Å². The molecule has 0 saturated heterocycles. The SMILES string of the molecule is CCC(C)N(CC(=O)N(Cc1ccccc1)Cc1cccs1)C(=O)c1ccc(OC)cc1. The van der Waals surface area contributed by atoms with E-state index < -0.39 is 0 Å². The van der Waals surface area contributed by atoms with Crippen LogP contribution < -0.4 is 4.74 Å². The summed E-state index contributed by atoms with van der Waals surface area (Å²) < 4.78 is 5.20. The molecule has 0 aliphatic heterocycles. The molecule has 0 fully saturated rings. The number of carbonyl (C=O) groups excluding carboxylic acids is 2. The first-order chi connectivity index (χ1) is 15.5. The number of carbonyl (C=O) groups is 2. The molecule has 2 aromatic carbocycles. The predicted molar refractivity (Wildman–Crippen MR) is 129 cm³/mol. The lowest BCUT2D eigenvalue weighted by Crippen LogP contribution is -2.46. The molecule has 3 rings (SSSR count). The minimum atomic E-state index is -0.147. The minimum Gasteiger partial charge on any atom is -0.497 e. The second kappa shape index (κ2) is 11.5. The summed E-state index contributed by atoms with van der Waals surface area (Å²) in [6.07, 6.45) is 0.763. The number of hydrogen-bond acceptors (Lipinski definition) is 4. The fourth-order valence-corrected chi connectivity index (χ4v) is 4.14. The van der Waals surface area contributed by atoms with Crippen molar-refractivity contribution < 1.29 is 14.3 Å². The smallest absolute Gasteiger partial charge is 0.254 e. The van der Waals surface area contributed by atoms with Crippen LogP contribution >= 0.6 is 11.3 Å². The molecule has 0 aliphatic rings. The summed E-state index contributed by atoms with van der Waals surface area (Å²) in [4.78, 5) is 31.4. The number of benzene rings is 2. The largest absolute Gasteiger partial charge is 0.497 e. The van der Waals surface area contributed by atoms with Crippen LogP contribution in [0.1, 0.15) is 41.1 Å².